The lowest BCUT2D eigenvalue weighted by molar-refractivity contribution is 0.642. The van der Waals surface area contributed by atoms with Crippen molar-refractivity contribution >= 4 is 11.8 Å². The summed E-state index contributed by atoms with van der Waals surface area (Å²) in [5.41, 5.74) is 5.19. The lowest BCUT2D eigenvalue weighted by atomic mass is 9.99. The highest BCUT2D eigenvalue weighted by molar-refractivity contribution is 7.98. The van der Waals surface area contributed by atoms with Gasteiger partial charge in [-0.3, -0.25) is 0 Å². The Morgan fingerprint density at radius 3 is 2.38 bits per heavy atom. The van der Waals surface area contributed by atoms with Crippen LogP contribution in [0.25, 0.3) is 11.1 Å². The van der Waals surface area contributed by atoms with Crippen molar-refractivity contribution in [2.45, 2.75) is 43.6 Å². The molecule has 3 aromatic carbocycles. The van der Waals surface area contributed by atoms with E-state index >= 15 is 0 Å². The average Bonchev–Trinajstić information content (AvgIpc) is 3.23. The van der Waals surface area contributed by atoms with Gasteiger partial charge in [0.1, 0.15) is 5.82 Å². The Bertz CT molecular complexity index is 1190. The molecule has 5 heteroatoms. The van der Waals surface area contributed by atoms with Crippen molar-refractivity contribution < 1.29 is 0 Å². The molecule has 0 fully saturated rings. The number of nitrogens with zero attached hydrogens (tertiary/aromatic N) is 4. The molecule has 0 aliphatic carbocycles. The van der Waals surface area contributed by atoms with Gasteiger partial charge in [-0.05, 0) is 34.7 Å². The third kappa shape index (κ3) is 5.27. The Hall–Kier alpha value is -3.36. The quantitative estimate of drug-likeness (QED) is 0.280. The summed E-state index contributed by atoms with van der Waals surface area (Å²) in [5.74, 6) is 1.91. The van der Waals surface area contributed by atoms with Crippen LogP contribution >= 0.6 is 11.8 Å². The van der Waals surface area contributed by atoms with Crippen LogP contribution in [0.4, 0.5) is 0 Å². The smallest absolute Gasteiger partial charge is 0.191 e. The first kappa shape index (κ1) is 21.9. The minimum Gasteiger partial charge on any atom is -0.302 e. The maximum Gasteiger partial charge on any atom is 0.191 e. The zero-order chi connectivity index (χ0) is 22.2. The van der Waals surface area contributed by atoms with Gasteiger partial charge in [0.05, 0.1) is 18.2 Å². The van der Waals surface area contributed by atoms with E-state index in [4.69, 9.17) is 0 Å². The van der Waals surface area contributed by atoms with Gasteiger partial charge in [-0.15, -0.1) is 10.2 Å². The van der Waals surface area contributed by atoms with E-state index in [1.807, 2.05) is 30.3 Å². The fourth-order valence-corrected chi connectivity index (χ4v) is 4.54. The second kappa shape index (κ2) is 10.8. The molecule has 0 spiro atoms. The van der Waals surface area contributed by atoms with Crippen LogP contribution < -0.4 is 0 Å². The molecule has 0 saturated heterocycles. The van der Waals surface area contributed by atoms with Crippen LogP contribution in [0.1, 0.15) is 42.3 Å². The van der Waals surface area contributed by atoms with Crippen molar-refractivity contribution in [3.8, 4) is 17.2 Å². The molecule has 0 radical (unpaired) electrons. The van der Waals surface area contributed by atoms with E-state index < -0.39 is 0 Å². The van der Waals surface area contributed by atoms with Crippen molar-refractivity contribution in [3.05, 3.63) is 101 Å². The van der Waals surface area contributed by atoms with Crippen LogP contribution in [-0.4, -0.2) is 14.8 Å². The fourth-order valence-electron chi connectivity index (χ4n) is 3.63. The molecule has 1 aromatic heterocycles. The van der Waals surface area contributed by atoms with Crippen LogP contribution in [0.3, 0.4) is 0 Å². The second-order valence-corrected chi connectivity index (χ2v) is 8.66. The summed E-state index contributed by atoms with van der Waals surface area (Å²) in [5, 5.41) is 19.4. The third-order valence-electron chi connectivity index (χ3n) is 5.41. The van der Waals surface area contributed by atoms with E-state index in [-0.39, 0.29) is 0 Å². The monoisotopic (exact) mass is 438 g/mol. The number of nitriles is 1. The number of rotatable bonds is 9. The molecular weight excluding hydrogens is 412 g/mol. The van der Waals surface area contributed by atoms with Gasteiger partial charge < -0.3 is 4.57 Å². The number of hydrogen-bond acceptors (Lipinski definition) is 4. The van der Waals surface area contributed by atoms with Crippen LogP contribution in [0.15, 0.2) is 84.0 Å². The maximum absolute atomic E-state index is 9.40. The van der Waals surface area contributed by atoms with E-state index in [9.17, 15) is 5.26 Å². The lowest BCUT2D eigenvalue weighted by Crippen LogP contribution is -2.07. The molecule has 160 valence electrons. The van der Waals surface area contributed by atoms with Gasteiger partial charge in [0.15, 0.2) is 5.16 Å². The summed E-state index contributed by atoms with van der Waals surface area (Å²) in [6.07, 6.45) is 3.17. The van der Waals surface area contributed by atoms with E-state index in [2.05, 4.69) is 76.3 Å². The standard InChI is InChI=1S/C27H26N4S/c1-2-3-13-26-29-30-27(32-20-22-9-5-4-6-10-22)31(26)19-21-14-16-23(17-15-21)25-12-8-7-11-24(25)18-28/h4-12,14-17H,2-3,13,19-20H2,1H3. The molecule has 32 heavy (non-hydrogen) atoms. The van der Waals surface area contributed by atoms with Gasteiger partial charge in [0.25, 0.3) is 0 Å². The highest BCUT2D eigenvalue weighted by Gasteiger charge is 2.13. The minimum absolute atomic E-state index is 0.695. The fraction of sp³-hybridized carbons (Fsp3) is 0.222. The zero-order valence-corrected chi connectivity index (χ0v) is 19.1. The van der Waals surface area contributed by atoms with Gasteiger partial charge in [0, 0.05) is 12.2 Å². The average molecular weight is 439 g/mol. The topological polar surface area (TPSA) is 54.5 Å². The first-order valence-corrected chi connectivity index (χ1v) is 11.9. The van der Waals surface area contributed by atoms with Crippen LogP contribution in [0.2, 0.25) is 0 Å². The van der Waals surface area contributed by atoms with E-state index in [0.717, 1.165) is 53.7 Å². The van der Waals surface area contributed by atoms with E-state index in [0.29, 0.717) is 5.56 Å². The Labute approximate surface area is 193 Å². The van der Waals surface area contributed by atoms with Crippen LogP contribution in [-0.2, 0) is 18.7 Å². The first-order chi connectivity index (χ1) is 15.8. The van der Waals surface area contributed by atoms with Crippen molar-refractivity contribution in [1.29, 1.82) is 5.26 Å². The van der Waals surface area contributed by atoms with Crippen molar-refractivity contribution in [3.63, 3.8) is 0 Å². The molecule has 0 unspecified atom stereocenters. The molecule has 4 nitrogen and oxygen atoms in total. The molecule has 0 atom stereocenters. The van der Waals surface area contributed by atoms with Crippen LogP contribution in [0.5, 0.6) is 0 Å². The zero-order valence-electron chi connectivity index (χ0n) is 18.2. The van der Waals surface area contributed by atoms with Crippen molar-refractivity contribution in [2.75, 3.05) is 0 Å². The number of aromatic nitrogens is 3. The van der Waals surface area contributed by atoms with Gasteiger partial charge in [-0.2, -0.15) is 5.26 Å². The minimum atomic E-state index is 0.695. The molecule has 0 amide bonds. The first-order valence-electron chi connectivity index (χ1n) is 11.0. The number of hydrogen-bond donors (Lipinski definition) is 0. The summed E-state index contributed by atoms with van der Waals surface area (Å²) in [6.45, 7) is 2.94. The molecule has 4 aromatic rings. The van der Waals surface area contributed by atoms with E-state index in [1.54, 1.807) is 11.8 Å². The molecule has 0 aliphatic heterocycles. The Kier molecular flexibility index (Phi) is 7.37. The number of unbranched alkanes of at least 4 members (excludes halogenated alkanes) is 1. The van der Waals surface area contributed by atoms with Gasteiger partial charge in [-0.1, -0.05) is 97.9 Å². The van der Waals surface area contributed by atoms with E-state index in [1.165, 1.54) is 11.1 Å². The summed E-state index contributed by atoms with van der Waals surface area (Å²) in [4.78, 5) is 0. The molecule has 4 rings (SSSR count). The summed E-state index contributed by atoms with van der Waals surface area (Å²) in [7, 11) is 0. The second-order valence-electron chi connectivity index (χ2n) is 7.72. The lowest BCUT2D eigenvalue weighted by Gasteiger charge is -2.11. The molecule has 0 N–H and O–H groups in total. The predicted octanol–water partition coefficient (Wildman–Crippen LogP) is 6.50. The highest BCUT2D eigenvalue weighted by atomic mass is 32.2. The maximum atomic E-state index is 9.40. The van der Waals surface area contributed by atoms with Crippen molar-refractivity contribution in [1.82, 2.24) is 14.8 Å². The normalized spacial score (nSPS) is 10.8. The van der Waals surface area contributed by atoms with Crippen molar-refractivity contribution in [2.24, 2.45) is 0 Å². The van der Waals surface area contributed by atoms with Crippen LogP contribution in [0, 0.1) is 11.3 Å². The summed E-state index contributed by atoms with van der Waals surface area (Å²) >= 11 is 1.73. The Morgan fingerprint density at radius 2 is 1.62 bits per heavy atom. The van der Waals surface area contributed by atoms with Gasteiger partial charge in [0.2, 0.25) is 0 Å². The SMILES string of the molecule is CCCCc1nnc(SCc2ccccc2)n1Cc1ccc(-c2ccccc2C#N)cc1. The number of thioether (sulfide) groups is 1. The number of aryl methyl sites for hydroxylation is 1. The molecule has 0 saturated carbocycles. The predicted molar refractivity (Wildman–Crippen MR) is 130 cm³/mol. The molecule has 0 bridgehead atoms. The molecule has 0 aliphatic rings. The number of benzene rings is 3. The van der Waals surface area contributed by atoms with Gasteiger partial charge >= 0.3 is 0 Å². The molecule has 1 heterocycles. The third-order valence-corrected chi connectivity index (χ3v) is 6.45. The molecular formula is C27H26N4S. The summed E-state index contributed by atoms with van der Waals surface area (Å²) in [6, 6.07) is 28.9. The summed E-state index contributed by atoms with van der Waals surface area (Å²) < 4.78 is 2.25. The largest absolute Gasteiger partial charge is 0.302 e. The highest BCUT2D eigenvalue weighted by Crippen LogP contribution is 2.26. The Morgan fingerprint density at radius 1 is 0.875 bits per heavy atom. The van der Waals surface area contributed by atoms with Gasteiger partial charge in [-0.25, -0.2) is 0 Å². The Balaban J connectivity index is 1.55.